The third-order valence-corrected chi connectivity index (χ3v) is 4.56. The van der Waals surface area contributed by atoms with Crippen molar-refractivity contribution in [2.45, 2.75) is 19.8 Å². The van der Waals surface area contributed by atoms with Crippen LogP contribution < -0.4 is 0 Å². The van der Waals surface area contributed by atoms with Crippen molar-refractivity contribution in [3.8, 4) is 0 Å². The van der Waals surface area contributed by atoms with Gasteiger partial charge in [-0.15, -0.1) is 0 Å². The van der Waals surface area contributed by atoms with Crippen molar-refractivity contribution >= 4 is 32.9 Å². The van der Waals surface area contributed by atoms with Gasteiger partial charge < -0.3 is 9.55 Å². The van der Waals surface area contributed by atoms with Crippen molar-refractivity contribution in [2.75, 3.05) is 6.26 Å². The molecule has 0 saturated carbocycles. The minimum atomic E-state index is -3.67. The van der Waals surface area contributed by atoms with Gasteiger partial charge in [0.25, 0.3) is 10.1 Å². The summed E-state index contributed by atoms with van der Waals surface area (Å²) >= 11 is 0. The number of fused-ring (bicyclic) bond motifs is 3. The van der Waals surface area contributed by atoms with Gasteiger partial charge in [0.05, 0.1) is 23.8 Å². The highest BCUT2D eigenvalue weighted by Crippen LogP contribution is 2.34. The third kappa shape index (κ3) is 4.01. The second-order valence-corrected chi connectivity index (χ2v) is 8.01. The Kier molecular flexibility index (Phi) is 5.03. The number of Topliss-reactive ketones (excluding diaryl/α,β-unsaturated/α-hetero) is 1. The maximum absolute atomic E-state index is 13.0. The largest absolute Gasteiger partial charge is 0.348 e. The molecule has 27 heavy (non-hydrogen) atoms. The minimum absolute atomic E-state index is 0.139. The number of nitrogens with one attached hydrogen (secondary N) is 1. The van der Waals surface area contributed by atoms with Crippen molar-refractivity contribution < 1.29 is 17.8 Å². The monoisotopic (exact) mass is 387 g/mol. The fourth-order valence-corrected chi connectivity index (χ4v) is 3.34. The van der Waals surface area contributed by atoms with Crippen molar-refractivity contribution in [3.05, 3.63) is 58.8 Å². The average Bonchev–Trinajstić information content (AvgIpc) is 3.11. The van der Waals surface area contributed by atoms with Crippen LogP contribution in [0, 0.1) is 6.92 Å². The number of carbonyl (C=O) groups excluding carboxylic acids is 1. The first kappa shape index (κ1) is 19.1. The van der Waals surface area contributed by atoms with Gasteiger partial charge >= 0.3 is 0 Å². The molecule has 0 aliphatic heterocycles. The summed E-state index contributed by atoms with van der Waals surface area (Å²) in [5.74, 6) is 0.139. The molecule has 0 spiro atoms. The van der Waals surface area contributed by atoms with E-state index in [9.17, 15) is 13.2 Å². The molecule has 0 bridgehead atoms. The lowest BCUT2D eigenvalue weighted by atomic mass is 9.89. The van der Waals surface area contributed by atoms with E-state index in [0.717, 1.165) is 52.0 Å². The quantitative estimate of drug-likeness (QED) is 0.493. The van der Waals surface area contributed by atoms with Crippen molar-refractivity contribution in [1.82, 2.24) is 14.5 Å². The molecular formula is C19H21N3O4S. The van der Waals surface area contributed by atoms with Crippen LogP contribution in [-0.2, 0) is 23.6 Å². The smallest absolute Gasteiger partial charge is 0.261 e. The predicted molar refractivity (Wildman–Crippen MR) is 104 cm³/mol. The van der Waals surface area contributed by atoms with Crippen LogP contribution in [-0.4, -0.2) is 39.5 Å². The number of nitrogens with zero attached hydrogens (tertiary/aromatic N) is 2. The first-order valence-electron chi connectivity index (χ1n) is 8.40. The molecule has 0 saturated heterocycles. The lowest BCUT2D eigenvalue weighted by molar-refractivity contribution is 0.102. The van der Waals surface area contributed by atoms with Gasteiger partial charge in [0.2, 0.25) is 0 Å². The summed E-state index contributed by atoms with van der Waals surface area (Å²) in [7, 11) is -1.62. The first-order valence-corrected chi connectivity index (χ1v) is 10.3. The number of ketones is 1. The molecule has 0 radical (unpaired) electrons. The molecule has 0 amide bonds. The van der Waals surface area contributed by atoms with E-state index in [4.69, 9.17) is 4.55 Å². The van der Waals surface area contributed by atoms with Crippen molar-refractivity contribution in [2.24, 2.45) is 7.05 Å². The lowest BCUT2D eigenvalue weighted by Gasteiger charge is -2.15. The lowest BCUT2D eigenvalue weighted by Crippen LogP contribution is -2.15. The highest BCUT2D eigenvalue weighted by Gasteiger charge is 2.28. The fourth-order valence-electron chi connectivity index (χ4n) is 3.34. The summed E-state index contributed by atoms with van der Waals surface area (Å²) in [5, 5.41) is 1.05. The molecule has 3 aromatic rings. The molecule has 2 heterocycles. The molecule has 4 rings (SSSR count). The number of aryl methyl sites for hydroxylation is 2. The molecule has 1 aliphatic carbocycles. The molecule has 0 fully saturated rings. The van der Waals surface area contributed by atoms with Crippen LogP contribution in [0.3, 0.4) is 0 Å². The van der Waals surface area contributed by atoms with E-state index in [1.807, 2.05) is 38.2 Å². The molecule has 1 aliphatic rings. The Morgan fingerprint density at radius 1 is 1.26 bits per heavy atom. The Balaban J connectivity index is 0.000000376. The SMILES string of the molecule is CS(=O)(=O)O.Cc1[nH]cnc1/C=C1\CCc2c(c3ccccc3n2C)C1=O. The molecule has 0 atom stereocenters. The number of H-pyrrole nitrogens is 1. The molecule has 8 heteroatoms. The molecule has 2 N–H and O–H groups in total. The number of rotatable bonds is 1. The number of carbonyl (C=O) groups is 1. The van der Waals surface area contributed by atoms with Gasteiger partial charge in [-0.05, 0) is 31.9 Å². The summed E-state index contributed by atoms with van der Waals surface area (Å²) in [5.41, 5.74) is 5.82. The van der Waals surface area contributed by atoms with Crippen LogP contribution in [0.15, 0.2) is 36.2 Å². The molecule has 1 aromatic carbocycles. The van der Waals surface area contributed by atoms with Crippen LogP contribution in [0.1, 0.15) is 33.9 Å². The summed E-state index contributed by atoms with van der Waals surface area (Å²) in [6.07, 6.45) is 5.97. The topological polar surface area (TPSA) is 105 Å². The predicted octanol–water partition coefficient (Wildman–Crippen LogP) is 2.93. The van der Waals surface area contributed by atoms with Crippen LogP contribution in [0.25, 0.3) is 17.0 Å². The number of hydrogen-bond donors (Lipinski definition) is 2. The second kappa shape index (κ2) is 7.13. The van der Waals surface area contributed by atoms with E-state index in [1.54, 1.807) is 6.33 Å². The Labute approximate surface area is 157 Å². The zero-order valence-corrected chi connectivity index (χ0v) is 16.2. The van der Waals surface area contributed by atoms with Gasteiger partial charge in [-0.1, -0.05) is 18.2 Å². The number of aromatic amines is 1. The number of benzene rings is 1. The molecular weight excluding hydrogens is 366 g/mol. The van der Waals surface area contributed by atoms with E-state index < -0.39 is 10.1 Å². The van der Waals surface area contributed by atoms with Crippen molar-refractivity contribution in [3.63, 3.8) is 0 Å². The molecule has 7 nitrogen and oxygen atoms in total. The zero-order valence-electron chi connectivity index (χ0n) is 15.4. The highest BCUT2D eigenvalue weighted by molar-refractivity contribution is 7.85. The summed E-state index contributed by atoms with van der Waals surface area (Å²) < 4.78 is 28.0. The van der Waals surface area contributed by atoms with E-state index in [-0.39, 0.29) is 5.78 Å². The van der Waals surface area contributed by atoms with E-state index in [2.05, 4.69) is 20.6 Å². The van der Waals surface area contributed by atoms with Gasteiger partial charge in [-0.25, -0.2) is 4.98 Å². The van der Waals surface area contributed by atoms with Gasteiger partial charge in [0.15, 0.2) is 5.78 Å². The van der Waals surface area contributed by atoms with E-state index >= 15 is 0 Å². The zero-order chi connectivity index (χ0) is 19.8. The number of hydrogen-bond acceptors (Lipinski definition) is 4. The Hall–Kier alpha value is -2.71. The number of para-hydroxylation sites is 1. The standard InChI is InChI=1S/C18H17N3O.CH4O3S/c1-11-14(20-10-19-11)9-12-7-8-16-17(18(12)22)13-5-3-4-6-15(13)21(16)2;1-5(2,3)4/h3-6,9-10H,7-8H2,1-2H3,(H,19,20);1H3,(H,2,3,4)/b12-9+;. The summed E-state index contributed by atoms with van der Waals surface area (Å²) in [6, 6.07) is 8.12. The number of aromatic nitrogens is 3. The Bertz CT molecular complexity index is 1150. The van der Waals surface area contributed by atoms with Crippen LogP contribution in [0.2, 0.25) is 0 Å². The molecule has 142 valence electrons. The normalized spacial score (nSPS) is 15.6. The van der Waals surface area contributed by atoms with Gasteiger partial charge in [-0.3, -0.25) is 9.35 Å². The Morgan fingerprint density at radius 2 is 1.93 bits per heavy atom. The average molecular weight is 387 g/mol. The maximum Gasteiger partial charge on any atom is 0.261 e. The van der Waals surface area contributed by atoms with E-state index in [0.29, 0.717) is 6.26 Å². The summed E-state index contributed by atoms with van der Waals surface area (Å²) in [4.78, 5) is 20.3. The number of imidazole rings is 1. The highest BCUT2D eigenvalue weighted by atomic mass is 32.2. The van der Waals surface area contributed by atoms with Crippen LogP contribution >= 0.6 is 0 Å². The van der Waals surface area contributed by atoms with E-state index in [1.165, 1.54) is 0 Å². The third-order valence-electron chi connectivity index (χ3n) is 4.56. The maximum atomic E-state index is 13.0. The van der Waals surface area contributed by atoms with Gasteiger partial charge in [-0.2, -0.15) is 8.42 Å². The molecule has 2 aromatic heterocycles. The van der Waals surface area contributed by atoms with Gasteiger partial charge in [0.1, 0.15) is 0 Å². The fraction of sp³-hybridized carbons (Fsp3) is 0.263. The molecule has 0 unspecified atom stereocenters. The number of allylic oxidation sites excluding steroid dienone is 1. The summed E-state index contributed by atoms with van der Waals surface area (Å²) in [6.45, 7) is 1.97. The van der Waals surface area contributed by atoms with Gasteiger partial charge in [0, 0.05) is 34.9 Å². The van der Waals surface area contributed by atoms with Crippen LogP contribution in [0.4, 0.5) is 0 Å². The minimum Gasteiger partial charge on any atom is -0.348 e. The second-order valence-electron chi connectivity index (χ2n) is 6.54. The van der Waals surface area contributed by atoms with Crippen LogP contribution in [0.5, 0.6) is 0 Å². The Morgan fingerprint density at radius 3 is 2.56 bits per heavy atom. The van der Waals surface area contributed by atoms with Crippen molar-refractivity contribution in [1.29, 1.82) is 0 Å². The first-order chi connectivity index (χ1) is 12.7.